The highest BCUT2D eigenvalue weighted by atomic mass is 16.5. The van der Waals surface area contributed by atoms with E-state index in [2.05, 4.69) is 30.3 Å². The normalized spacial score (nSPS) is 25.2. The zero-order chi connectivity index (χ0) is 15.9. The Labute approximate surface area is 137 Å². The lowest BCUT2D eigenvalue weighted by molar-refractivity contribution is 0.122. The Balaban J connectivity index is 1.97. The van der Waals surface area contributed by atoms with Gasteiger partial charge in [0.05, 0.1) is 25.2 Å². The molecular weight excluding hydrogens is 288 g/mol. The molecule has 3 nitrogen and oxygen atoms in total. The van der Waals surface area contributed by atoms with Gasteiger partial charge in [-0.1, -0.05) is 36.8 Å². The van der Waals surface area contributed by atoms with E-state index in [0.29, 0.717) is 0 Å². The van der Waals surface area contributed by atoms with E-state index in [9.17, 15) is 0 Å². The lowest BCUT2D eigenvalue weighted by atomic mass is 9.64. The van der Waals surface area contributed by atoms with Crippen LogP contribution in [0.5, 0.6) is 17.2 Å². The van der Waals surface area contributed by atoms with E-state index < -0.39 is 0 Å². The van der Waals surface area contributed by atoms with Crippen molar-refractivity contribution in [2.75, 3.05) is 14.2 Å². The van der Waals surface area contributed by atoms with Crippen molar-refractivity contribution in [3.8, 4) is 17.2 Å². The summed E-state index contributed by atoms with van der Waals surface area (Å²) in [5, 5.41) is 0. The van der Waals surface area contributed by atoms with Crippen LogP contribution in [-0.2, 0) is 5.41 Å². The molecule has 2 aliphatic rings. The van der Waals surface area contributed by atoms with Gasteiger partial charge in [0.15, 0.2) is 0 Å². The molecule has 0 aromatic heterocycles. The summed E-state index contributed by atoms with van der Waals surface area (Å²) >= 11 is 0. The first-order valence-corrected chi connectivity index (χ1v) is 8.28. The van der Waals surface area contributed by atoms with Crippen molar-refractivity contribution < 1.29 is 14.2 Å². The molecular formula is C20H22O3. The van der Waals surface area contributed by atoms with Crippen molar-refractivity contribution in [1.82, 2.24) is 0 Å². The van der Waals surface area contributed by atoms with Gasteiger partial charge in [0, 0.05) is 12.1 Å². The van der Waals surface area contributed by atoms with Crippen molar-refractivity contribution in [3.63, 3.8) is 0 Å². The highest BCUT2D eigenvalue weighted by Gasteiger charge is 2.53. The van der Waals surface area contributed by atoms with Gasteiger partial charge >= 0.3 is 0 Å². The van der Waals surface area contributed by atoms with Crippen LogP contribution in [0.4, 0.5) is 0 Å². The van der Waals surface area contributed by atoms with Crippen molar-refractivity contribution in [3.05, 3.63) is 53.6 Å². The molecule has 2 aromatic rings. The predicted octanol–water partition coefficient (Wildman–Crippen LogP) is 4.32. The number of ether oxygens (including phenoxy) is 3. The maximum absolute atomic E-state index is 6.39. The summed E-state index contributed by atoms with van der Waals surface area (Å²) < 4.78 is 17.5. The third-order valence-corrected chi connectivity index (χ3v) is 5.34. The molecule has 1 aliphatic heterocycles. The molecule has 0 radical (unpaired) electrons. The number of hydrogen-bond donors (Lipinski definition) is 0. The number of methoxy groups -OCH3 is 2. The van der Waals surface area contributed by atoms with Crippen LogP contribution in [0.1, 0.15) is 36.8 Å². The van der Waals surface area contributed by atoms with Gasteiger partial charge < -0.3 is 14.2 Å². The van der Waals surface area contributed by atoms with Gasteiger partial charge in [0.25, 0.3) is 0 Å². The van der Waals surface area contributed by atoms with E-state index in [-0.39, 0.29) is 11.5 Å². The highest BCUT2D eigenvalue weighted by molar-refractivity contribution is 5.62. The summed E-state index contributed by atoms with van der Waals surface area (Å²) in [5.74, 6) is 2.56. The van der Waals surface area contributed by atoms with Crippen molar-refractivity contribution in [2.24, 2.45) is 0 Å². The highest BCUT2D eigenvalue weighted by Crippen LogP contribution is 2.57. The maximum Gasteiger partial charge on any atom is 0.131 e. The first kappa shape index (κ1) is 14.4. The molecule has 0 saturated heterocycles. The number of rotatable bonds is 3. The van der Waals surface area contributed by atoms with Crippen molar-refractivity contribution in [2.45, 2.75) is 37.2 Å². The van der Waals surface area contributed by atoms with Gasteiger partial charge in [0.2, 0.25) is 0 Å². The lowest BCUT2D eigenvalue weighted by Crippen LogP contribution is -2.42. The molecule has 3 heteroatoms. The van der Waals surface area contributed by atoms with E-state index in [4.69, 9.17) is 14.2 Å². The third-order valence-electron chi connectivity index (χ3n) is 5.34. The second-order valence-corrected chi connectivity index (χ2v) is 6.39. The lowest BCUT2D eigenvalue weighted by Gasteiger charge is -2.39. The molecule has 1 aliphatic carbocycles. The zero-order valence-electron chi connectivity index (χ0n) is 13.7. The molecule has 0 unspecified atom stereocenters. The SMILES string of the molecule is COc1cc(OC)c2c(c1)O[C@H]1CCCC[C@@]21c1ccccc1. The molecule has 1 fully saturated rings. The van der Waals surface area contributed by atoms with E-state index in [0.717, 1.165) is 30.1 Å². The summed E-state index contributed by atoms with van der Waals surface area (Å²) in [7, 11) is 3.40. The molecule has 0 amide bonds. The number of fused-ring (bicyclic) bond motifs is 3. The Kier molecular flexibility index (Phi) is 3.44. The Morgan fingerprint density at radius 2 is 1.87 bits per heavy atom. The van der Waals surface area contributed by atoms with Crippen LogP contribution in [-0.4, -0.2) is 20.3 Å². The van der Waals surface area contributed by atoms with Crippen LogP contribution in [0, 0.1) is 0 Å². The second-order valence-electron chi connectivity index (χ2n) is 6.39. The summed E-state index contributed by atoms with van der Waals surface area (Å²) in [6, 6.07) is 14.7. The van der Waals surface area contributed by atoms with Crippen molar-refractivity contribution in [1.29, 1.82) is 0 Å². The monoisotopic (exact) mass is 310 g/mol. The van der Waals surface area contributed by atoms with Crippen LogP contribution in [0.3, 0.4) is 0 Å². The molecule has 2 aromatic carbocycles. The number of benzene rings is 2. The summed E-state index contributed by atoms with van der Waals surface area (Å²) in [6.07, 6.45) is 4.78. The summed E-state index contributed by atoms with van der Waals surface area (Å²) in [6.45, 7) is 0. The minimum Gasteiger partial charge on any atom is -0.496 e. The third kappa shape index (κ3) is 2.03. The molecule has 1 heterocycles. The first-order valence-electron chi connectivity index (χ1n) is 8.28. The predicted molar refractivity (Wildman–Crippen MR) is 89.7 cm³/mol. The molecule has 0 bridgehead atoms. The Hall–Kier alpha value is -2.16. The van der Waals surface area contributed by atoms with Crippen LogP contribution in [0.25, 0.3) is 0 Å². The smallest absolute Gasteiger partial charge is 0.131 e. The number of hydrogen-bond acceptors (Lipinski definition) is 3. The Morgan fingerprint density at radius 3 is 2.61 bits per heavy atom. The molecule has 4 rings (SSSR count). The average molecular weight is 310 g/mol. The minimum absolute atomic E-state index is 0.105. The fourth-order valence-corrected chi connectivity index (χ4v) is 4.33. The standard InChI is InChI=1S/C20H22O3/c1-21-15-12-16(22-2)19-17(13-15)23-18-10-6-7-11-20(18,19)14-8-4-3-5-9-14/h3-5,8-9,12-13,18H,6-7,10-11H2,1-2H3/t18-,20-/m0/s1. The van der Waals surface area contributed by atoms with Crippen molar-refractivity contribution >= 4 is 0 Å². The van der Waals surface area contributed by atoms with Crippen LogP contribution >= 0.6 is 0 Å². The minimum atomic E-state index is -0.105. The van der Waals surface area contributed by atoms with Gasteiger partial charge in [-0.15, -0.1) is 0 Å². The fraction of sp³-hybridized carbons (Fsp3) is 0.400. The van der Waals surface area contributed by atoms with Gasteiger partial charge in [-0.05, 0) is 24.8 Å². The molecule has 120 valence electrons. The molecule has 0 N–H and O–H groups in total. The average Bonchev–Trinajstić information content (AvgIpc) is 2.97. The molecule has 0 spiro atoms. The van der Waals surface area contributed by atoms with Crippen LogP contribution in [0.15, 0.2) is 42.5 Å². The summed E-state index contributed by atoms with van der Waals surface area (Å²) in [5.41, 5.74) is 2.41. The molecule has 2 atom stereocenters. The Bertz CT molecular complexity index is 710. The van der Waals surface area contributed by atoms with Gasteiger partial charge in [-0.3, -0.25) is 0 Å². The van der Waals surface area contributed by atoms with E-state index in [1.165, 1.54) is 24.0 Å². The quantitative estimate of drug-likeness (QED) is 0.845. The van der Waals surface area contributed by atoms with E-state index >= 15 is 0 Å². The second kappa shape index (κ2) is 5.48. The summed E-state index contributed by atoms with van der Waals surface area (Å²) in [4.78, 5) is 0. The largest absolute Gasteiger partial charge is 0.496 e. The van der Waals surface area contributed by atoms with E-state index in [1.807, 2.05) is 12.1 Å². The molecule has 23 heavy (non-hydrogen) atoms. The first-order chi connectivity index (χ1) is 11.3. The topological polar surface area (TPSA) is 27.7 Å². The maximum atomic E-state index is 6.39. The van der Waals surface area contributed by atoms with Crippen LogP contribution < -0.4 is 14.2 Å². The molecule has 1 saturated carbocycles. The zero-order valence-corrected chi connectivity index (χ0v) is 13.7. The van der Waals surface area contributed by atoms with E-state index in [1.54, 1.807) is 14.2 Å². The Morgan fingerprint density at radius 1 is 1.04 bits per heavy atom. The van der Waals surface area contributed by atoms with Gasteiger partial charge in [-0.2, -0.15) is 0 Å². The van der Waals surface area contributed by atoms with Crippen LogP contribution in [0.2, 0.25) is 0 Å². The van der Waals surface area contributed by atoms with Gasteiger partial charge in [-0.25, -0.2) is 0 Å². The fourth-order valence-electron chi connectivity index (χ4n) is 4.33. The van der Waals surface area contributed by atoms with Gasteiger partial charge in [0.1, 0.15) is 23.4 Å².